The number of nitrogens with one attached hydrogen (secondary N) is 1. The first-order chi connectivity index (χ1) is 10.9. The van der Waals surface area contributed by atoms with Crippen molar-refractivity contribution in [3.05, 3.63) is 17.5 Å². The van der Waals surface area contributed by atoms with E-state index in [9.17, 15) is 18.4 Å². The summed E-state index contributed by atoms with van der Waals surface area (Å²) < 4.78 is 32.0. The fourth-order valence-corrected chi connectivity index (χ4v) is 4.08. The van der Waals surface area contributed by atoms with Gasteiger partial charge < -0.3 is 10.1 Å². The summed E-state index contributed by atoms with van der Waals surface area (Å²) in [6, 6.07) is -0.362. The van der Waals surface area contributed by atoms with Crippen LogP contribution in [-0.2, 0) is 16.6 Å². The Balaban J connectivity index is 1.81. The van der Waals surface area contributed by atoms with E-state index in [1.54, 1.807) is 0 Å². The molecular formula is C15H19F2N3O3. The van der Waals surface area contributed by atoms with Crippen molar-refractivity contribution in [3.63, 3.8) is 0 Å². The van der Waals surface area contributed by atoms with Gasteiger partial charge in [0.25, 0.3) is 12.3 Å². The number of carbonyl (C=O) groups is 2. The van der Waals surface area contributed by atoms with Crippen LogP contribution < -0.4 is 5.32 Å². The van der Waals surface area contributed by atoms with Crippen LogP contribution in [0.5, 0.6) is 0 Å². The number of aryl methyl sites for hydroxylation is 1. The number of amides is 1. The van der Waals surface area contributed by atoms with Crippen LogP contribution >= 0.6 is 0 Å². The van der Waals surface area contributed by atoms with E-state index >= 15 is 0 Å². The van der Waals surface area contributed by atoms with Gasteiger partial charge in [-0.15, -0.1) is 0 Å². The van der Waals surface area contributed by atoms with Crippen LogP contribution in [0.3, 0.4) is 0 Å². The second kappa shape index (κ2) is 5.90. The number of rotatable bonds is 4. The highest BCUT2D eigenvalue weighted by molar-refractivity contribution is 5.95. The van der Waals surface area contributed by atoms with Crippen molar-refractivity contribution in [1.29, 1.82) is 0 Å². The van der Waals surface area contributed by atoms with Crippen molar-refractivity contribution in [1.82, 2.24) is 15.1 Å². The summed E-state index contributed by atoms with van der Waals surface area (Å²) in [6.07, 6.45) is 1.07. The Labute approximate surface area is 132 Å². The van der Waals surface area contributed by atoms with E-state index in [0.29, 0.717) is 0 Å². The van der Waals surface area contributed by atoms with Gasteiger partial charge in [0, 0.05) is 13.1 Å². The molecule has 2 saturated carbocycles. The van der Waals surface area contributed by atoms with Crippen LogP contribution in [0.25, 0.3) is 0 Å². The molecule has 2 aliphatic carbocycles. The van der Waals surface area contributed by atoms with Gasteiger partial charge in [-0.25, -0.2) is 8.78 Å². The highest BCUT2D eigenvalue weighted by Crippen LogP contribution is 2.49. The Kier molecular flexibility index (Phi) is 4.08. The maximum atomic E-state index is 13.1. The van der Waals surface area contributed by atoms with Gasteiger partial charge in [-0.2, -0.15) is 5.10 Å². The van der Waals surface area contributed by atoms with Crippen LogP contribution in [0.2, 0.25) is 0 Å². The molecule has 6 nitrogen and oxygen atoms in total. The quantitative estimate of drug-likeness (QED) is 0.854. The second-order valence-electron chi connectivity index (χ2n) is 6.25. The number of hydrogen-bond donors (Lipinski definition) is 1. The lowest BCUT2D eigenvalue weighted by molar-refractivity contribution is -0.148. The highest BCUT2D eigenvalue weighted by Gasteiger charge is 2.52. The predicted octanol–water partition coefficient (Wildman–Crippen LogP) is 1.68. The van der Waals surface area contributed by atoms with Gasteiger partial charge in [0.15, 0.2) is 0 Å². The van der Waals surface area contributed by atoms with Gasteiger partial charge in [0.2, 0.25) is 0 Å². The average molecular weight is 327 g/mol. The van der Waals surface area contributed by atoms with E-state index in [2.05, 4.69) is 10.4 Å². The number of halogens is 2. The SMILES string of the molecule is COC(=O)[C@H]1[C@H]2CC[C@@H](C2)[C@H]1NC(=O)c1cnn(C)c1C(F)F. The van der Waals surface area contributed by atoms with E-state index in [1.165, 1.54) is 14.2 Å². The fraction of sp³-hybridized carbons (Fsp3) is 0.667. The minimum Gasteiger partial charge on any atom is -0.469 e. The van der Waals surface area contributed by atoms with Gasteiger partial charge in [-0.1, -0.05) is 0 Å². The molecule has 2 aliphatic rings. The number of esters is 1. The van der Waals surface area contributed by atoms with Crippen LogP contribution in [0.15, 0.2) is 6.20 Å². The fourth-order valence-electron chi connectivity index (χ4n) is 4.08. The van der Waals surface area contributed by atoms with Crippen LogP contribution in [0.1, 0.15) is 41.7 Å². The molecule has 1 aromatic rings. The molecule has 0 radical (unpaired) electrons. The lowest BCUT2D eigenvalue weighted by atomic mass is 9.84. The Morgan fingerprint density at radius 1 is 1.39 bits per heavy atom. The molecule has 23 heavy (non-hydrogen) atoms. The molecule has 4 atom stereocenters. The third-order valence-electron chi connectivity index (χ3n) is 5.12. The van der Waals surface area contributed by atoms with Crippen molar-refractivity contribution >= 4 is 11.9 Å². The van der Waals surface area contributed by atoms with Gasteiger partial charge in [0.05, 0.1) is 24.8 Å². The Morgan fingerprint density at radius 3 is 2.74 bits per heavy atom. The van der Waals surface area contributed by atoms with Crippen LogP contribution in [-0.4, -0.2) is 34.8 Å². The van der Waals surface area contributed by atoms with E-state index < -0.39 is 23.9 Å². The van der Waals surface area contributed by atoms with Crippen LogP contribution in [0, 0.1) is 17.8 Å². The number of carbonyl (C=O) groups excluding carboxylic acids is 2. The summed E-state index contributed by atoms with van der Waals surface area (Å²) in [5, 5.41) is 6.51. The first kappa shape index (κ1) is 15.9. The minimum absolute atomic E-state index is 0.145. The van der Waals surface area contributed by atoms with Crippen molar-refractivity contribution < 1.29 is 23.1 Å². The predicted molar refractivity (Wildman–Crippen MR) is 75.8 cm³/mol. The molecule has 1 aromatic heterocycles. The molecule has 0 unspecified atom stereocenters. The Morgan fingerprint density at radius 2 is 2.09 bits per heavy atom. The zero-order valence-electron chi connectivity index (χ0n) is 13.0. The molecule has 0 aliphatic heterocycles. The van der Waals surface area contributed by atoms with Gasteiger partial charge in [0.1, 0.15) is 5.69 Å². The topological polar surface area (TPSA) is 73.2 Å². The molecule has 0 aromatic carbocycles. The van der Waals surface area contributed by atoms with Crippen molar-refractivity contribution in [3.8, 4) is 0 Å². The largest absolute Gasteiger partial charge is 0.469 e. The molecule has 2 bridgehead atoms. The Hall–Kier alpha value is -1.99. The summed E-state index contributed by atoms with van der Waals surface area (Å²) >= 11 is 0. The number of aromatic nitrogens is 2. The molecule has 1 heterocycles. The number of hydrogen-bond acceptors (Lipinski definition) is 4. The standard InChI is InChI=1S/C15H19F2N3O3/c1-20-12(13(16)17)9(6-18-20)14(21)19-11-8-4-3-7(5-8)10(11)15(22)23-2/h6-8,10-11,13H,3-5H2,1-2H3,(H,19,21)/t7-,8-,10-,11+/m0/s1. The van der Waals surface area contributed by atoms with Gasteiger partial charge in [-0.3, -0.25) is 14.3 Å². The van der Waals surface area contributed by atoms with Crippen LogP contribution in [0.4, 0.5) is 8.78 Å². The summed E-state index contributed by atoms with van der Waals surface area (Å²) in [7, 11) is 2.69. The van der Waals surface area contributed by atoms with Gasteiger partial charge in [-0.05, 0) is 31.1 Å². The lowest BCUT2D eigenvalue weighted by Gasteiger charge is -2.29. The van der Waals surface area contributed by atoms with Crippen molar-refractivity contribution in [2.45, 2.75) is 31.7 Å². The molecule has 1 N–H and O–H groups in total. The maximum Gasteiger partial charge on any atom is 0.311 e. The molecule has 0 spiro atoms. The molecule has 2 fully saturated rings. The minimum atomic E-state index is -2.79. The van der Waals surface area contributed by atoms with Gasteiger partial charge >= 0.3 is 5.97 Å². The average Bonchev–Trinajstić information content (AvgIpc) is 3.20. The molecule has 1 amide bonds. The molecule has 3 rings (SSSR count). The normalized spacial score (nSPS) is 29.1. The zero-order valence-corrected chi connectivity index (χ0v) is 13.0. The highest BCUT2D eigenvalue weighted by atomic mass is 19.3. The van der Waals surface area contributed by atoms with E-state index in [1.807, 2.05) is 0 Å². The third-order valence-corrected chi connectivity index (χ3v) is 5.12. The Bertz CT molecular complexity index is 631. The summed E-state index contributed by atoms with van der Waals surface area (Å²) in [6.45, 7) is 0. The molecule has 0 saturated heterocycles. The number of methoxy groups -OCH3 is 1. The maximum absolute atomic E-state index is 13.1. The summed E-state index contributed by atoms with van der Waals surface area (Å²) in [5.41, 5.74) is -0.561. The number of fused-ring (bicyclic) bond motifs is 2. The van der Waals surface area contributed by atoms with Crippen molar-refractivity contribution in [2.75, 3.05) is 7.11 Å². The monoisotopic (exact) mass is 327 g/mol. The molecule has 126 valence electrons. The second-order valence-corrected chi connectivity index (χ2v) is 6.25. The molecular weight excluding hydrogens is 308 g/mol. The third kappa shape index (κ3) is 2.60. The number of nitrogens with zero attached hydrogens (tertiary/aromatic N) is 2. The van der Waals surface area contributed by atoms with Crippen molar-refractivity contribution in [2.24, 2.45) is 24.8 Å². The lowest BCUT2D eigenvalue weighted by Crippen LogP contribution is -2.47. The zero-order chi connectivity index (χ0) is 16.7. The number of ether oxygens (including phenoxy) is 1. The number of alkyl halides is 2. The smallest absolute Gasteiger partial charge is 0.311 e. The first-order valence-corrected chi connectivity index (χ1v) is 7.62. The van der Waals surface area contributed by atoms with E-state index in [-0.39, 0.29) is 29.4 Å². The summed E-state index contributed by atoms with van der Waals surface area (Å²) in [5.74, 6) is -0.960. The first-order valence-electron chi connectivity index (χ1n) is 7.62. The van der Waals surface area contributed by atoms with E-state index in [0.717, 1.165) is 30.1 Å². The molecule has 8 heteroatoms. The van der Waals surface area contributed by atoms with E-state index in [4.69, 9.17) is 4.74 Å². The summed E-state index contributed by atoms with van der Waals surface area (Å²) in [4.78, 5) is 24.4.